The molecular weight excluding hydrogens is 318 g/mol. The lowest BCUT2D eigenvalue weighted by Gasteiger charge is -2.42. The predicted molar refractivity (Wildman–Crippen MR) is 92.0 cm³/mol. The van der Waals surface area contributed by atoms with Crippen molar-refractivity contribution < 1.29 is 13.9 Å². The van der Waals surface area contributed by atoms with E-state index in [1.165, 1.54) is 11.8 Å². The van der Waals surface area contributed by atoms with Crippen molar-refractivity contribution in [2.75, 3.05) is 32.8 Å². The molecule has 6 heteroatoms. The third-order valence-corrected chi connectivity index (χ3v) is 5.21. The van der Waals surface area contributed by atoms with E-state index in [1.807, 2.05) is 17.2 Å². The van der Waals surface area contributed by atoms with Crippen LogP contribution in [0.3, 0.4) is 0 Å². The highest BCUT2D eigenvalue weighted by atomic mass is 16.5. The summed E-state index contributed by atoms with van der Waals surface area (Å²) in [4.78, 5) is 21.3. The summed E-state index contributed by atoms with van der Waals surface area (Å²) in [7, 11) is 0. The van der Waals surface area contributed by atoms with Crippen LogP contribution in [0.15, 0.2) is 47.5 Å². The van der Waals surface area contributed by atoms with Crippen LogP contribution in [0.5, 0.6) is 0 Å². The number of pyridine rings is 1. The van der Waals surface area contributed by atoms with E-state index in [2.05, 4.69) is 16.0 Å². The SMILES string of the molecule is O=C(c1ccoc1)N1CC[C@@H]2COCCN(Cc3cccnc3)[C@@H]2C1. The van der Waals surface area contributed by atoms with E-state index in [4.69, 9.17) is 9.15 Å². The average Bonchev–Trinajstić information content (AvgIpc) is 3.12. The number of aromatic nitrogens is 1. The molecule has 2 atom stereocenters. The lowest BCUT2D eigenvalue weighted by atomic mass is 9.90. The fourth-order valence-electron chi connectivity index (χ4n) is 3.85. The second-order valence-electron chi connectivity index (χ2n) is 6.79. The van der Waals surface area contributed by atoms with Gasteiger partial charge in [-0.3, -0.25) is 14.7 Å². The van der Waals surface area contributed by atoms with Crippen LogP contribution in [-0.4, -0.2) is 59.6 Å². The maximum Gasteiger partial charge on any atom is 0.257 e. The van der Waals surface area contributed by atoms with Crippen LogP contribution in [0.1, 0.15) is 22.3 Å². The Bertz CT molecular complexity index is 689. The second-order valence-corrected chi connectivity index (χ2v) is 6.79. The van der Waals surface area contributed by atoms with Gasteiger partial charge in [0.1, 0.15) is 6.26 Å². The number of carbonyl (C=O) groups is 1. The van der Waals surface area contributed by atoms with Crippen LogP contribution < -0.4 is 0 Å². The standard InChI is InChI=1S/C19H23N3O3/c23-19(17-4-8-24-14-17)22-6-3-16-13-25-9-7-21(18(16)12-22)11-15-2-1-5-20-10-15/h1-2,4-5,8,10,14,16,18H,3,6-7,9,11-13H2/t16-,18-/m1/s1. The Morgan fingerprint density at radius 3 is 3.08 bits per heavy atom. The molecule has 2 aliphatic rings. The van der Waals surface area contributed by atoms with Crippen molar-refractivity contribution in [2.24, 2.45) is 5.92 Å². The van der Waals surface area contributed by atoms with Gasteiger partial charge in [0, 0.05) is 50.5 Å². The number of hydrogen-bond acceptors (Lipinski definition) is 5. The zero-order chi connectivity index (χ0) is 17.1. The number of rotatable bonds is 3. The molecule has 25 heavy (non-hydrogen) atoms. The maximum absolute atomic E-state index is 12.7. The van der Waals surface area contributed by atoms with Crippen molar-refractivity contribution in [3.05, 3.63) is 54.2 Å². The Hall–Kier alpha value is -2.18. The second kappa shape index (κ2) is 7.37. The maximum atomic E-state index is 12.7. The van der Waals surface area contributed by atoms with Crippen molar-refractivity contribution in [2.45, 2.75) is 19.0 Å². The summed E-state index contributed by atoms with van der Waals surface area (Å²) in [6, 6.07) is 6.12. The molecular formula is C19H23N3O3. The Kier molecular flexibility index (Phi) is 4.81. The summed E-state index contributed by atoms with van der Waals surface area (Å²) in [5, 5.41) is 0. The van der Waals surface area contributed by atoms with Gasteiger partial charge in [0.15, 0.2) is 0 Å². The van der Waals surface area contributed by atoms with Crippen LogP contribution in [0, 0.1) is 5.92 Å². The van der Waals surface area contributed by atoms with E-state index >= 15 is 0 Å². The molecule has 2 aliphatic heterocycles. The molecule has 0 aliphatic carbocycles. The first-order valence-electron chi connectivity index (χ1n) is 8.83. The van der Waals surface area contributed by atoms with Gasteiger partial charge < -0.3 is 14.1 Å². The van der Waals surface area contributed by atoms with E-state index < -0.39 is 0 Å². The minimum atomic E-state index is 0.0543. The lowest BCUT2D eigenvalue weighted by molar-refractivity contribution is 0.0370. The Morgan fingerprint density at radius 1 is 1.32 bits per heavy atom. The highest BCUT2D eigenvalue weighted by Crippen LogP contribution is 2.27. The molecule has 6 nitrogen and oxygen atoms in total. The van der Waals surface area contributed by atoms with Crippen LogP contribution in [0.2, 0.25) is 0 Å². The van der Waals surface area contributed by atoms with Gasteiger partial charge in [-0.25, -0.2) is 0 Å². The van der Waals surface area contributed by atoms with E-state index in [-0.39, 0.29) is 5.91 Å². The lowest BCUT2D eigenvalue weighted by Crippen LogP contribution is -2.54. The first kappa shape index (κ1) is 16.3. The van der Waals surface area contributed by atoms with Crippen molar-refractivity contribution in [3.8, 4) is 0 Å². The van der Waals surface area contributed by atoms with Gasteiger partial charge in [-0.05, 0) is 24.1 Å². The molecule has 2 fully saturated rings. The van der Waals surface area contributed by atoms with E-state index in [0.717, 1.165) is 45.8 Å². The zero-order valence-corrected chi connectivity index (χ0v) is 14.2. The molecule has 2 aromatic heterocycles. The summed E-state index contributed by atoms with van der Waals surface area (Å²) in [6.45, 7) is 4.74. The smallest absolute Gasteiger partial charge is 0.257 e. The van der Waals surface area contributed by atoms with Gasteiger partial charge in [-0.1, -0.05) is 6.07 Å². The predicted octanol–water partition coefficient (Wildman–Crippen LogP) is 2.04. The third-order valence-electron chi connectivity index (χ3n) is 5.21. The van der Waals surface area contributed by atoms with Crippen LogP contribution in [0.4, 0.5) is 0 Å². The number of nitrogens with zero attached hydrogens (tertiary/aromatic N) is 3. The molecule has 0 bridgehead atoms. The van der Waals surface area contributed by atoms with Crippen LogP contribution in [0.25, 0.3) is 0 Å². The molecule has 2 saturated heterocycles. The number of carbonyl (C=O) groups excluding carboxylic acids is 1. The average molecular weight is 341 g/mol. The zero-order valence-electron chi connectivity index (χ0n) is 14.2. The summed E-state index contributed by atoms with van der Waals surface area (Å²) >= 11 is 0. The molecule has 0 saturated carbocycles. The number of piperidine rings is 1. The van der Waals surface area contributed by atoms with Crippen molar-refractivity contribution in [1.29, 1.82) is 0 Å². The topological polar surface area (TPSA) is 58.8 Å². The van der Waals surface area contributed by atoms with Gasteiger partial charge in [0.25, 0.3) is 5.91 Å². The number of amides is 1. The van der Waals surface area contributed by atoms with Crippen molar-refractivity contribution >= 4 is 5.91 Å². The monoisotopic (exact) mass is 341 g/mol. The highest BCUT2D eigenvalue weighted by molar-refractivity contribution is 5.93. The number of hydrogen-bond donors (Lipinski definition) is 0. The molecule has 0 spiro atoms. The number of fused-ring (bicyclic) bond motifs is 1. The summed E-state index contributed by atoms with van der Waals surface area (Å²) in [5.41, 5.74) is 1.82. The molecule has 2 aromatic rings. The normalized spacial score (nSPS) is 24.6. The molecule has 132 valence electrons. The Labute approximate surface area is 147 Å². The number of furan rings is 1. The molecule has 0 N–H and O–H groups in total. The van der Waals surface area contributed by atoms with Crippen molar-refractivity contribution in [3.63, 3.8) is 0 Å². The molecule has 4 rings (SSSR count). The highest BCUT2D eigenvalue weighted by Gasteiger charge is 2.37. The van der Waals surface area contributed by atoms with Gasteiger partial charge in [-0.15, -0.1) is 0 Å². The van der Waals surface area contributed by atoms with E-state index in [1.54, 1.807) is 18.5 Å². The largest absolute Gasteiger partial charge is 0.472 e. The van der Waals surface area contributed by atoms with Gasteiger partial charge in [0.2, 0.25) is 0 Å². The van der Waals surface area contributed by atoms with Crippen LogP contribution >= 0.6 is 0 Å². The first-order chi connectivity index (χ1) is 12.3. The number of ether oxygens (including phenoxy) is 1. The van der Waals surface area contributed by atoms with E-state index in [9.17, 15) is 4.79 Å². The van der Waals surface area contributed by atoms with Gasteiger partial charge in [0.05, 0.1) is 25.0 Å². The molecule has 4 heterocycles. The van der Waals surface area contributed by atoms with Gasteiger partial charge >= 0.3 is 0 Å². The quantitative estimate of drug-likeness (QED) is 0.855. The van der Waals surface area contributed by atoms with Crippen molar-refractivity contribution in [1.82, 2.24) is 14.8 Å². The van der Waals surface area contributed by atoms with Gasteiger partial charge in [-0.2, -0.15) is 0 Å². The fourth-order valence-corrected chi connectivity index (χ4v) is 3.85. The summed E-state index contributed by atoms with van der Waals surface area (Å²) < 4.78 is 10.9. The van der Waals surface area contributed by atoms with E-state index in [0.29, 0.717) is 17.5 Å². The Balaban J connectivity index is 1.51. The summed E-state index contributed by atoms with van der Waals surface area (Å²) in [6.07, 6.45) is 7.76. The molecule has 0 radical (unpaired) electrons. The molecule has 0 unspecified atom stereocenters. The van der Waals surface area contributed by atoms with Crippen LogP contribution in [-0.2, 0) is 11.3 Å². The third kappa shape index (κ3) is 3.60. The molecule has 1 amide bonds. The fraction of sp³-hybridized carbons (Fsp3) is 0.474. The first-order valence-corrected chi connectivity index (χ1v) is 8.83. The summed E-state index contributed by atoms with van der Waals surface area (Å²) in [5.74, 6) is 0.520. The minimum absolute atomic E-state index is 0.0543. The Morgan fingerprint density at radius 2 is 2.28 bits per heavy atom. The number of likely N-dealkylation sites (tertiary alicyclic amines) is 1. The minimum Gasteiger partial charge on any atom is -0.472 e. The molecule has 0 aromatic carbocycles.